The third kappa shape index (κ3) is 3.56. The van der Waals surface area contributed by atoms with Crippen molar-refractivity contribution in [2.75, 3.05) is 31.5 Å². The summed E-state index contributed by atoms with van der Waals surface area (Å²) in [5, 5.41) is 13.9. The summed E-state index contributed by atoms with van der Waals surface area (Å²) < 4.78 is 38.1. The molecule has 1 aliphatic heterocycles. The maximum Gasteiger partial charge on any atom is 0.401 e. The fourth-order valence-corrected chi connectivity index (χ4v) is 2.09. The Labute approximate surface area is 102 Å². The Bertz CT molecular complexity index is 390. The lowest BCUT2D eigenvalue weighted by Crippen LogP contribution is -2.33. The van der Waals surface area contributed by atoms with E-state index >= 15 is 0 Å². The van der Waals surface area contributed by atoms with E-state index in [4.69, 9.17) is 0 Å². The fourth-order valence-electron chi connectivity index (χ4n) is 2.09. The molecule has 0 aliphatic carbocycles. The molecular formula is C9H15F3N6. The average molecular weight is 264 g/mol. The lowest BCUT2D eigenvalue weighted by Gasteiger charge is -2.17. The van der Waals surface area contributed by atoms with Gasteiger partial charge in [0.15, 0.2) is 0 Å². The predicted molar refractivity (Wildman–Crippen MR) is 57.9 cm³/mol. The number of tetrazole rings is 1. The highest BCUT2D eigenvalue weighted by Gasteiger charge is 2.34. The quantitative estimate of drug-likeness (QED) is 0.858. The predicted octanol–water partition coefficient (Wildman–Crippen LogP) is 0.506. The summed E-state index contributed by atoms with van der Waals surface area (Å²) in [5.74, 6) is 0.730. The molecule has 1 aromatic rings. The van der Waals surface area contributed by atoms with E-state index in [1.165, 1.54) is 9.58 Å². The van der Waals surface area contributed by atoms with Gasteiger partial charge in [0.25, 0.3) is 0 Å². The van der Waals surface area contributed by atoms with Crippen LogP contribution in [0.5, 0.6) is 0 Å². The van der Waals surface area contributed by atoms with E-state index < -0.39 is 12.7 Å². The summed E-state index contributed by atoms with van der Waals surface area (Å²) in [6, 6.07) is 0. The molecule has 0 spiro atoms. The maximum absolute atomic E-state index is 12.2. The van der Waals surface area contributed by atoms with E-state index in [0.717, 1.165) is 6.42 Å². The second-order valence-corrected chi connectivity index (χ2v) is 4.51. The molecule has 1 aliphatic rings. The monoisotopic (exact) mass is 264 g/mol. The third-order valence-electron chi connectivity index (χ3n) is 2.94. The summed E-state index contributed by atoms with van der Waals surface area (Å²) in [4.78, 5) is 1.43. The van der Waals surface area contributed by atoms with Crippen molar-refractivity contribution >= 4 is 5.95 Å². The molecule has 1 fully saturated rings. The fraction of sp³-hybridized carbons (Fsp3) is 0.889. The van der Waals surface area contributed by atoms with E-state index in [2.05, 4.69) is 20.8 Å². The summed E-state index contributed by atoms with van der Waals surface area (Å²) >= 11 is 0. The first-order chi connectivity index (χ1) is 8.44. The Morgan fingerprint density at radius 3 is 2.83 bits per heavy atom. The largest absolute Gasteiger partial charge is 0.401 e. The first-order valence-electron chi connectivity index (χ1n) is 5.69. The maximum atomic E-state index is 12.2. The van der Waals surface area contributed by atoms with Gasteiger partial charge in [-0.15, -0.1) is 0 Å². The number of halogens is 3. The Morgan fingerprint density at radius 1 is 1.44 bits per heavy atom. The molecular weight excluding hydrogens is 249 g/mol. The van der Waals surface area contributed by atoms with Crippen molar-refractivity contribution in [3.8, 4) is 0 Å². The van der Waals surface area contributed by atoms with Crippen LogP contribution in [0.25, 0.3) is 0 Å². The second kappa shape index (κ2) is 5.09. The normalized spacial score (nSPS) is 21.4. The number of hydrogen-bond acceptors (Lipinski definition) is 5. The van der Waals surface area contributed by atoms with Crippen LogP contribution in [0.3, 0.4) is 0 Å². The molecule has 6 nitrogen and oxygen atoms in total. The zero-order valence-electron chi connectivity index (χ0n) is 9.98. The van der Waals surface area contributed by atoms with Crippen LogP contribution in [-0.2, 0) is 7.05 Å². The summed E-state index contributed by atoms with van der Waals surface area (Å²) in [7, 11) is 1.70. The van der Waals surface area contributed by atoms with Crippen LogP contribution >= 0.6 is 0 Å². The number of anilines is 1. The van der Waals surface area contributed by atoms with E-state index in [1.54, 1.807) is 7.05 Å². The van der Waals surface area contributed by atoms with Gasteiger partial charge >= 0.3 is 6.18 Å². The van der Waals surface area contributed by atoms with Gasteiger partial charge in [-0.1, -0.05) is 5.10 Å². The van der Waals surface area contributed by atoms with Crippen LogP contribution in [0.15, 0.2) is 0 Å². The molecule has 9 heteroatoms. The molecule has 2 rings (SSSR count). The number of rotatable bonds is 4. The van der Waals surface area contributed by atoms with Gasteiger partial charge in [0, 0.05) is 20.1 Å². The molecule has 1 atom stereocenters. The molecule has 0 aromatic carbocycles. The number of nitrogens with zero attached hydrogens (tertiary/aromatic N) is 5. The van der Waals surface area contributed by atoms with Gasteiger partial charge in [-0.2, -0.15) is 13.2 Å². The summed E-state index contributed by atoms with van der Waals surface area (Å²) in [5.41, 5.74) is 0. The lowest BCUT2D eigenvalue weighted by atomic mass is 10.1. The molecule has 1 saturated heterocycles. The summed E-state index contributed by atoms with van der Waals surface area (Å²) in [6.45, 7) is 0.707. The standard InChI is InChI=1S/C9H15F3N6/c1-17-8(14-15-16-17)13-4-7-2-3-18(5-7)6-9(10,11)12/h7H,2-6H2,1H3,(H,13,14,16). The van der Waals surface area contributed by atoms with Crippen LogP contribution < -0.4 is 5.32 Å². The molecule has 0 bridgehead atoms. The minimum Gasteiger partial charge on any atom is -0.353 e. The van der Waals surface area contributed by atoms with Crippen molar-refractivity contribution < 1.29 is 13.2 Å². The highest BCUT2D eigenvalue weighted by atomic mass is 19.4. The van der Waals surface area contributed by atoms with Gasteiger partial charge in [0.2, 0.25) is 5.95 Å². The van der Waals surface area contributed by atoms with Gasteiger partial charge in [0.05, 0.1) is 6.54 Å². The Morgan fingerprint density at radius 2 is 2.22 bits per heavy atom. The molecule has 0 saturated carbocycles. The van der Waals surface area contributed by atoms with Gasteiger partial charge in [-0.3, -0.25) is 4.90 Å². The van der Waals surface area contributed by atoms with E-state index in [0.29, 0.717) is 25.6 Å². The first-order valence-corrected chi connectivity index (χ1v) is 5.69. The van der Waals surface area contributed by atoms with Gasteiger partial charge < -0.3 is 5.32 Å². The summed E-state index contributed by atoms with van der Waals surface area (Å²) in [6.07, 6.45) is -3.36. The van der Waals surface area contributed by atoms with Crippen molar-refractivity contribution in [2.45, 2.75) is 12.6 Å². The molecule has 0 amide bonds. The van der Waals surface area contributed by atoms with Crippen LogP contribution in [0.2, 0.25) is 0 Å². The number of alkyl halides is 3. The third-order valence-corrected chi connectivity index (χ3v) is 2.94. The van der Waals surface area contributed by atoms with Crippen LogP contribution in [0, 0.1) is 5.92 Å². The smallest absolute Gasteiger partial charge is 0.353 e. The molecule has 1 unspecified atom stereocenters. The molecule has 0 radical (unpaired) electrons. The van der Waals surface area contributed by atoms with Crippen LogP contribution in [0.1, 0.15) is 6.42 Å². The Hall–Kier alpha value is -1.38. The minimum absolute atomic E-state index is 0.198. The van der Waals surface area contributed by atoms with Crippen molar-refractivity contribution in [3.63, 3.8) is 0 Å². The number of likely N-dealkylation sites (tertiary alicyclic amines) is 1. The average Bonchev–Trinajstić information content (AvgIpc) is 2.82. The molecule has 18 heavy (non-hydrogen) atoms. The first kappa shape index (κ1) is 13.1. The zero-order chi connectivity index (χ0) is 13.2. The van der Waals surface area contributed by atoms with Gasteiger partial charge in [-0.05, 0) is 29.3 Å². The van der Waals surface area contributed by atoms with Crippen molar-refractivity contribution in [3.05, 3.63) is 0 Å². The Kier molecular flexibility index (Phi) is 3.69. The second-order valence-electron chi connectivity index (χ2n) is 4.51. The molecule has 2 heterocycles. The van der Waals surface area contributed by atoms with E-state index in [-0.39, 0.29) is 5.92 Å². The van der Waals surface area contributed by atoms with Gasteiger partial charge in [-0.25, -0.2) is 4.68 Å². The SMILES string of the molecule is Cn1nnnc1NCC1CCN(CC(F)(F)F)C1. The van der Waals surface area contributed by atoms with Crippen molar-refractivity contribution in [1.29, 1.82) is 0 Å². The van der Waals surface area contributed by atoms with Crippen molar-refractivity contribution in [2.24, 2.45) is 13.0 Å². The molecule has 102 valence electrons. The minimum atomic E-state index is -4.12. The number of hydrogen-bond donors (Lipinski definition) is 1. The number of aryl methyl sites for hydroxylation is 1. The topological polar surface area (TPSA) is 58.9 Å². The van der Waals surface area contributed by atoms with Crippen LogP contribution in [-0.4, -0.2) is 57.5 Å². The van der Waals surface area contributed by atoms with E-state index in [1.807, 2.05) is 0 Å². The highest BCUT2D eigenvalue weighted by Crippen LogP contribution is 2.22. The lowest BCUT2D eigenvalue weighted by molar-refractivity contribution is -0.143. The van der Waals surface area contributed by atoms with Gasteiger partial charge in [0.1, 0.15) is 0 Å². The number of nitrogens with one attached hydrogen (secondary N) is 1. The Balaban J connectivity index is 1.75. The zero-order valence-corrected chi connectivity index (χ0v) is 9.98. The van der Waals surface area contributed by atoms with Crippen LogP contribution in [0.4, 0.5) is 19.1 Å². The van der Waals surface area contributed by atoms with Crippen molar-refractivity contribution in [1.82, 2.24) is 25.1 Å². The van der Waals surface area contributed by atoms with E-state index in [9.17, 15) is 13.2 Å². The molecule has 1 aromatic heterocycles. The highest BCUT2D eigenvalue weighted by molar-refractivity contribution is 5.20. The molecule has 1 N–H and O–H groups in total. The number of aromatic nitrogens is 4.